The molecule has 63 heavy (non-hydrogen) atoms. The van der Waals surface area contributed by atoms with Crippen LogP contribution in [0.3, 0.4) is 0 Å². The van der Waals surface area contributed by atoms with Crippen molar-refractivity contribution in [3.63, 3.8) is 0 Å². The Bertz CT molecular complexity index is 1940. The number of fused-ring (bicyclic) bond motifs is 2. The number of aliphatic hydroxyl groups is 1. The van der Waals surface area contributed by atoms with E-state index in [2.05, 4.69) is 16.0 Å². The number of nitrogens with zero attached hydrogens (tertiary/aromatic N) is 2. The molecule has 0 radical (unpaired) electrons. The third-order valence-corrected chi connectivity index (χ3v) is 12.0. The highest BCUT2D eigenvalue weighted by Gasteiger charge is 2.46. The van der Waals surface area contributed by atoms with Gasteiger partial charge in [-0.2, -0.15) is 0 Å². The fourth-order valence-electron chi connectivity index (χ4n) is 8.17. The number of hydrogen-bond donors (Lipinski definition) is 4. The first kappa shape index (κ1) is 50.2. The van der Waals surface area contributed by atoms with Gasteiger partial charge in [0.15, 0.2) is 11.6 Å². The van der Waals surface area contributed by atoms with E-state index in [1.165, 1.54) is 25.8 Å². The van der Waals surface area contributed by atoms with Crippen LogP contribution in [0.15, 0.2) is 60.7 Å². The molecule has 0 aromatic heterocycles. The third-order valence-electron chi connectivity index (χ3n) is 12.0. The number of aliphatic hydroxyl groups excluding tert-OH is 1. The molecular weight excluding hydrogens is 807 g/mol. The van der Waals surface area contributed by atoms with Crippen LogP contribution in [-0.2, 0) is 55.9 Å². The maximum atomic E-state index is 14.8. The van der Waals surface area contributed by atoms with Crippen LogP contribution in [0.1, 0.15) is 98.6 Å². The molecule has 2 aliphatic heterocycles. The lowest BCUT2D eigenvalue weighted by Gasteiger charge is -2.43. The second-order valence-electron chi connectivity index (χ2n) is 18.3. The fourth-order valence-corrected chi connectivity index (χ4v) is 8.17. The molecular formula is C48H67N5O10. The number of nitrogens with one attached hydrogen (secondary N) is 3. The largest absolute Gasteiger partial charge is 0.460 e. The maximum absolute atomic E-state index is 14.8. The Labute approximate surface area is 371 Å². The zero-order valence-corrected chi connectivity index (χ0v) is 38.2. The van der Waals surface area contributed by atoms with E-state index in [0.717, 1.165) is 4.90 Å². The number of rotatable bonds is 12. The van der Waals surface area contributed by atoms with Gasteiger partial charge in [-0.15, -0.1) is 0 Å². The molecule has 2 saturated heterocycles. The summed E-state index contributed by atoms with van der Waals surface area (Å²) in [7, 11) is 1.45. The molecule has 0 spiro atoms. The highest BCUT2D eigenvalue weighted by Crippen LogP contribution is 2.31. The van der Waals surface area contributed by atoms with Crippen LogP contribution < -0.4 is 16.0 Å². The number of benzene rings is 2. The van der Waals surface area contributed by atoms with Gasteiger partial charge in [-0.25, -0.2) is 4.79 Å². The first-order valence-corrected chi connectivity index (χ1v) is 22.2. The van der Waals surface area contributed by atoms with Gasteiger partial charge in [0, 0.05) is 44.6 Å². The van der Waals surface area contributed by atoms with Gasteiger partial charge in [0.2, 0.25) is 29.5 Å². The van der Waals surface area contributed by atoms with Gasteiger partial charge in [-0.3, -0.25) is 33.6 Å². The molecule has 0 saturated carbocycles. The summed E-state index contributed by atoms with van der Waals surface area (Å²) >= 11 is 0. The van der Waals surface area contributed by atoms with Crippen molar-refractivity contribution < 1.29 is 48.2 Å². The number of amides is 5. The van der Waals surface area contributed by atoms with Crippen LogP contribution in [0.2, 0.25) is 0 Å². The summed E-state index contributed by atoms with van der Waals surface area (Å²) in [5, 5.41) is 19.7. The number of piperidine rings is 1. The van der Waals surface area contributed by atoms with Crippen molar-refractivity contribution in [2.45, 2.75) is 143 Å². The molecule has 4 N–H and O–H groups in total. The minimum atomic E-state index is -1.35. The average Bonchev–Trinajstić information content (AvgIpc) is 3.23. The van der Waals surface area contributed by atoms with E-state index >= 15 is 0 Å². The van der Waals surface area contributed by atoms with Crippen LogP contribution in [0.25, 0.3) is 0 Å². The molecule has 2 bridgehead atoms. The number of hydrogen-bond acceptors (Lipinski definition) is 10. The molecule has 15 heteroatoms. The van der Waals surface area contributed by atoms with Gasteiger partial charge in [-0.1, -0.05) is 102 Å². The monoisotopic (exact) mass is 873 g/mol. The van der Waals surface area contributed by atoms with Crippen molar-refractivity contribution >= 4 is 47.1 Å². The van der Waals surface area contributed by atoms with E-state index in [4.69, 9.17) is 4.74 Å². The van der Waals surface area contributed by atoms with Crippen LogP contribution in [0.5, 0.6) is 0 Å². The Hall–Kier alpha value is -5.44. The molecule has 5 amide bonds. The summed E-state index contributed by atoms with van der Waals surface area (Å²) in [6, 6.07) is 12.0. The van der Waals surface area contributed by atoms with Crippen LogP contribution >= 0.6 is 0 Å². The van der Waals surface area contributed by atoms with Gasteiger partial charge in [-0.05, 0) is 56.1 Å². The number of carbonyl (C=O) groups excluding carboxylic acids is 8. The van der Waals surface area contributed by atoms with Gasteiger partial charge in [0.1, 0.15) is 30.5 Å². The van der Waals surface area contributed by atoms with E-state index in [-0.39, 0.29) is 50.4 Å². The molecule has 4 rings (SSSR count). The first-order chi connectivity index (χ1) is 29.7. The average molecular weight is 874 g/mol. The number of likely N-dealkylation sites (N-methyl/N-ethyl adjacent to an activating group) is 1. The molecule has 2 heterocycles. The molecule has 9 atom stereocenters. The molecule has 0 unspecified atom stereocenters. The minimum absolute atomic E-state index is 0.0208. The highest BCUT2D eigenvalue weighted by atomic mass is 16.5. The van der Waals surface area contributed by atoms with Gasteiger partial charge < -0.3 is 35.6 Å². The lowest BCUT2D eigenvalue weighted by molar-refractivity contribution is -0.168. The van der Waals surface area contributed by atoms with E-state index < -0.39 is 114 Å². The minimum Gasteiger partial charge on any atom is -0.460 e. The second kappa shape index (κ2) is 22.8. The fraction of sp³-hybridized carbons (Fsp3) is 0.583. The van der Waals surface area contributed by atoms with Gasteiger partial charge >= 0.3 is 5.97 Å². The first-order valence-electron chi connectivity index (χ1n) is 22.2. The predicted molar refractivity (Wildman–Crippen MR) is 235 cm³/mol. The summed E-state index contributed by atoms with van der Waals surface area (Å²) in [5.41, 5.74) is 1.37. The zero-order chi connectivity index (χ0) is 46.7. The number of carbonyl (C=O) groups is 8. The van der Waals surface area contributed by atoms with Gasteiger partial charge in [0.05, 0.1) is 18.0 Å². The summed E-state index contributed by atoms with van der Waals surface area (Å²) < 4.78 is 6.00. The molecule has 15 nitrogen and oxygen atoms in total. The maximum Gasteiger partial charge on any atom is 0.329 e. The second-order valence-corrected chi connectivity index (χ2v) is 18.3. The summed E-state index contributed by atoms with van der Waals surface area (Å²) in [5.74, 6) is -8.27. The van der Waals surface area contributed by atoms with E-state index in [1.807, 2.05) is 19.9 Å². The Balaban J connectivity index is 1.87. The smallest absolute Gasteiger partial charge is 0.329 e. The highest BCUT2D eigenvalue weighted by molar-refractivity contribution is 5.98. The molecule has 0 aliphatic carbocycles. The lowest BCUT2D eigenvalue weighted by atomic mass is 9.85. The normalized spacial score (nSPS) is 26.4. The van der Waals surface area contributed by atoms with Crippen molar-refractivity contribution in [2.75, 3.05) is 7.05 Å². The Morgan fingerprint density at radius 2 is 1.38 bits per heavy atom. The summed E-state index contributed by atoms with van der Waals surface area (Å²) in [6.07, 6.45) is -3.09. The Morgan fingerprint density at radius 1 is 0.794 bits per heavy atom. The summed E-state index contributed by atoms with van der Waals surface area (Å²) in [4.78, 5) is 116. The van der Waals surface area contributed by atoms with Crippen molar-refractivity contribution in [1.82, 2.24) is 25.8 Å². The van der Waals surface area contributed by atoms with Crippen LogP contribution in [-0.4, -0.2) is 112 Å². The van der Waals surface area contributed by atoms with Gasteiger partial charge in [0.25, 0.3) is 0 Å². The predicted octanol–water partition coefficient (Wildman–Crippen LogP) is 3.54. The molecule has 2 aliphatic rings. The summed E-state index contributed by atoms with van der Waals surface area (Å²) in [6.45, 7) is 13.5. The van der Waals surface area contributed by atoms with Crippen LogP contribution in [0, 0.1) is 29.6 Å². The van der Waals surface area contributed by atoms with E-state index in [0.29, 0.717) is 11.1 Å². The van der Waals surface area contributed by atoms with Crippen molar-refractivity contribution in [3.05, 3.63) is 71.8 Å². The molecule has 344 valence electrons. The molecule has 2 aromatic rings. The van der Waals surface area contributed by atoms with Crippen molar-refractivity contribution in [2.24, 2.45) is 29.6 Å². The van der Waals surface area contributed by atoms with Crippen LogP contribution in [0.4, 0.5) is 0 Å². The van der Waals surface area contributed by atoms with E-state index in [9.17, 15) is 43.5 Å². The number of Topliss-reactive ketones (excluding diaryl/α,β-unsaturated/α-hetero) is 2. The SMILES string of the molecule is CC(C)C[C@H]1C(=O)N(C)[C@@H](Cc2ccccc2)C(=O)N[C@@H](Cc2ccccc2)C(=O)O[C@H](C)[C@H](CC(=O)[C@H](C)NC(=O)C(C)C)C(=O)N[C@@H](C(C)C)C(=O)C[C@H]2CC[C@@H](O)N1C2=O. The Kier molecular flexibility index (Phi) is 18.1. The topological polar surface area (TPSA) is 209 Å². The quantitative estimate of drug-likeness (QED) is 0.228. The number of ketones is 2. The number of ether oxygens (including phenoxy) is 1. The van der Waals surface area contributed by atoms with E-state index in [1.54, 1.807) is 82.3 Å². The zero-order valence-electron chi connectivity index (χ0n) is 38.2. The van der Waals surface area contributed by atoms with Crippen molar-refractivity contribution in [1.29, 1.82) is 0 Å². The standard InChI is InChI=1S/C48H67N5O10/c1-27(2)22-38-47(61)52(9)37(24-33-18-14-11-15-19-33)45(59)50-36(23-32-16-12-10-13-17-32)48(62)63-31(8)35(26-39(54)30(7)49-43(57)29(5)6)44(58)51-42(28(3)4)40(55)25-34-20-21-41(56)53(38)46(34)60/h10-19,27-31,34-38,41-42,56H,20-26H2,1-9H3,(H,49,57)(H,50,59)(H,51,58)/t30-,31+,34+,35-,36-,37-,38-,41+,42-/m0/s1. The number of esters is 1. The molecule has 2 fully saturated rings. The lowest BCUT2D eigenvalue weighted by Crippen LogP contribution is -2.61. The van der Waals surface area contributed by atoms with Crippen molar-refractivity contribution in [3.8, 4) is 0 Å². The number of cyclic esters (lactones) is 1. The molecule has 2 aromatic carbocycles. The Morgan fingerprint density at radius 3 is 1.94 bits per heavy atom. The third kappa shape index (κ3) is 13.5.